The summed E-state index contributed by atoms with van der Waals surface area (Å²) in [5.74, 6) is 0.300. The van der Waals surface area contributed by atoms with E-state index in [0.29, 0.717) is 12.5 Å². The lowest BCUT2D eigenvalue weighted by molar-refractivity contribution is -0.199. The Morgan fingerprint density at radius 3 is 2.80 bits per heavy atom. The largest absolute Gasteiger partial charge is 0.391 e. The summed E-state index contributed by atoms with van der Waals surface area (Å²) in [4.78, 5) is 0. The number of aliphatic hydroxyl groups excluding tert-OH is 1. The van der Waals surface area contributed by atoms with Crippen molar-refractivity contribution in [3.05, 3.63) is 0 Å². The molecular weight excluding hydrogens is 132 g/mol. The Morgan fingerprint density at radius 2 is 2.30 bits per heavy atom. The molecule has 0 bridgehead atoms. The summed E-state index contributed by atoms with van der Waals surface area (Å²) in [6.45, 7) is 2.42. The minimum Gasteiger partial charge on any atom is -0.391 e. The Morgan fingerprint density at radius 1 is 1.60 bits per heavy atom. The van der Waals surface area contributed by atoms with Gasteiger partial charge in [0.25, 0.3) is 0 Å². The molecule has 1 saturated heterocycles. The molecule has 0 spiro atoms. The van der Waals surface area contributed by atoms with Crippen molar-refractivity contribution < 1.29 is 14.6 Å². The monoisotopic (exact) mass is 146 g/mol. The number of methoxy groups -OCH3 is 1. The topological polar surface area (TPSA) is 38.7 Å². The van der Waals surface area contributed by atoms with E-state index in [0.717, 1.165) is 6.42 Å². The molecule has 1 heterocycles. The Balaban J connectivity index is 2.36. The van der Waals surface area contributed by atoms with Crippen molar-refractivity contribution in [1.29, 1.82) is 0 Å². The Labute approximate surface area is 60.9 Å². The van der Waals surface area contributed by atoms with Crippen LogP contribution in [-0.4, -0.2) is 31.2 Å². The molecule has 0 amide bonds. The second-order valence-electron chi connectivity index (χ2n) is 2.80. The van der Waals surface area contributed by atoms with Gasteiger partial charge < -0.3 is 14.6 Å². The molecule has 1 N–H and O–H groups in total. The van der Waals surface area contributed by atoms with Gasteiger partial charge in [-0.2, -0.15) is 0 Å². The fraction of sp³-hybridized carbons (Fsp3) is 1.00. The maximum atomic E-state index is 9.11. The SMILES string of the molecule is CO[C@H]1OC[C@H](O)C[C@H]1C. The molecular formula is C7H14O3. The zero-order valence-electron chi connectivity index (χ0n) is 6.41. The van der Waals surface area contributed by atoms with Crippen LogP contribution >= 0.6 is 0 Å². The molecule has 3 nitrogen and oxygen atoms in total. The van der Waals surface area contributed by atoms with Crippen molar-refractivity contribution in [1.82, 2.24) is 0 Å². The lowest BCUT2D eigenvalue weighted by atomic mass is 10.0. The van der Waals surface area contributed by atoms with Gasteiger partial charge in [-0.1, -0.05) is 6.92 Å². The second kappa shape index (κ2) is 3.32. The summed E-state index contributed by atoms with van der Waals surface area (Å²) in [5, 5.41) is 9.11. The van der Waals surface area contributed by atoms with Crippen LogP contribution in [0.15, 0.2) is 0 Å². The van der Waals surface area contributed by atoms with Gasteiger partial charge in [-0.25, -0.2) is 0 Å². The molecule has 0 saturated carbocycles. The summed E-state index contributed by atoms with van der Waals surface area (Å²) in [7, 11) is 1.62. The molecule has 0 aliphatic carbocycles. The van der Waals surface area contributed by atoms with Crippen LogP contribution in [0.5, 0.6) is 0 Å². The van der Waals surface area contributed by atoms with E-state index in [2.05, 4.69) is 0 Å². The first-order valence-corrected chi connectivity index (χ1v) is 3.56. The molecule has 60 valence electrons. The van der Waals surface area contributed by atoms with E-state index < -0.39 is 0 Å². The third kappa shape index (κ3) is 1.68. The van der Waals surface area contributed by atoms with Crippen molar-refractivity contribution in [2.24, 2.45) is 5.92 Å². The lowest BCUT2D eigenvalue weighted by Gasteiger charge is -2.30. The van der Waals surface area contributed by atoms with E-state index in [1.54, 1.807) is 7.11 Å². The van der Waals surface area contributed by atoms with Crippen molar-refractivity contribution >= 4 is 0 Å². The molecule has 0 aromatic rings. The molecule has 0 aromatic heterocycles. The smallest absolute Gasteiger partial charge is 0.159 e. The van der Waals surface area contributed by atoms with Gasteiger partial charge in [-0.05, 0) is 6.42 Å². The molecule has 1 aliphatic heterocycles. The summed E-state index contributed by atoms with van der Waals surface area (Å²) >= 11 is 0. The van der Waals surface area contributed by atoms with Crippen LogP contribution in [0.25, 0.3) is 0 Å². The summed E-state index contributed by atoms with van der Waals surface area (Å²) in [6.07, 6.45) is 0.350. The predicted molar refractivity (Wildman–Crippen MR) is 36.5 cm³/mol. The van der Waals surface area contributed by atoms with Gasteiger partial charge >= 0.3 is 0 Å². The van der Waals surface area contributed by atoms with Crippen LogP contribution in [0.1, 0.15) is 13.3 Å². The Bertz CT molecular complexity index is 105. The van der Waals surface area contributed by atoms with Gasteiger partial charge in [0.1, 0.15) is 0 Å². The summed E-state index contributed by atoms with van der Waals surface area (Å²) < 4.78 is 10.2. The van der Waals surface area contributed by atoms with Crippen molar-refractivity contribution in [2.45, 2.75) is 25.7 Å². The molecule has 1 rings (SSSR count). The molecule has 0 unspecified atom stereocenters. The molecule has 1 aliphatic rings. The van der Waals surface area contributed by atoms with Crippen molar-refractivity contribution in [3.63, 3.8) is 0 Å². The minimum absolute atomic E-state index is 0.122. The highest BCUT2D eigenvalue weighted by atomic mass is 16.7. The average molecular weight is 146 g/mol. The second-order valence-corrected chi connectivity index (χ2v) is 2.80. The number of aliphatic hydroxyl groups is 1. The van der Waals surface area contributed by atoms with Gasteiger partial charge in [0.15, 0.2) is 6.29 Å². The fourth-order valence-electron chi connectivity index (χ4n) is 1.28. The predicted octanol–water partition coefficient (Wildman–Crippen LogP) is 0.376. The zero-order valence-corrected chi connectivity index (χ0v) is 6.41. The van der Waals surface area contributed by atoms with Gasteiger partial charge in [0.05, 0.1) is 12.7 Å². The maximum Gasteiger partial charge on any atom is 0.159 e. The van der Waals surface area contributed by atoms with Crippen LogP contribution in [0.3, 0.4) is 0 Å². The van der Waals surface area contributed by atoms with Crippen LogP contribution < -0.4 is 0 Å². The number of rotatable bonds is 1. The molecule has 0 radical (unpaired) electrons. The van der Waals surface area contributed by atoms with Crippen LogP contribution in [0.4, 0.5) is 0 Å². The molecule has 0 aromatic carbocycles. The number of ether oxygens (including phenoxy) is 2. The Kier molecular flexibility index (Phi) is 2.65. The lowest BCUT2D eigenvalue weighted by Crippen LogP contribution is -2.36. The van der Waals surface area contributed by atoms with Gasteiger partial charge in [-0.15, -0.1) is 0 Å². The zero-order chi connectivity index (χ0) is 7.56. The van der Waals surface area contributed by atoms with Gasteiger partial charge in [-0.3, -0.25) is 0 Å². The quantitative estimate of drug-likeness (QED) is 0.581. The highest BCUT2D eigenvalue weighted by molar-refractivity contribution is 4.69. The van der Waals surface area contributed by atoms with Gasteiger partial charge in [0, 0.05) is 13.0 Å². The average Bonchev–Trinajstić information content (AvgIpc) is 1.88. The highest BCUT2D eigenvalue weighted by Crippen LogP contribution is 2.20. The van der Waals surface area contributed by atoms with Crippen LogP contribution in [0.2, 0.25) is 0 Å². The normalized spacial score (nSPS) is 41.7. The maximum absolute atomic E-state index is 9.11. The summed E-state index contributed by atoms with van der Waals surface area (Å²) in [6, 6.07) is 0. The van der Waals surface area contributed by atoms with Crippen LogP contribution in [-0.2, 0) is 9.47 Å². The van der Waals surface area contributed by atoms with E-state index in [4.69, 9.17) is 14.6 Å². The third-order valence-corrected chi connectivity index (χ3v) is 1.79. The molecule has 10 heavy (non-hydrogen) atoms. The van der Waals surface area contributed by atoms with Crippen molar-refractivity contribution in [2.75, 3.05) is 13.7 Å². The third-order valence-electron chi connectivity index (χ3n) is 1.79. The first kappa shape index (κ1) is 7.98. The van der Waals surface area contributed by atoms with Gasteiger partial charge in [0.2, 0.25) is 0 Å². The van der Waals surface area contributed by atoms with E-state index in [1.165, 1.54) is 0 Å². The first-order chi connectivity index (χ1) is 4.74. The van der Waals surface area contributed by atoms with E-state index >= 15 is 0 Å². The Hall–Kier alpha value is -0.120. The first-order valence-electron chi connectivity index (χ1n) is 3.56. The van der Waals surface area contributed by atoms with E-state index in [9.17, 15) is 0 Å². The van der Waals surface area contributed by atoms with Crippen LogP contribution in [0, 0.1) is 5.92 Å². The molecule has 1 fully saturated rings. The highest BCUT2D eigenvalue weighted by Gasteiger charge is 2.26. The van der Waals surface area contributed by atoms with E-state index in [1.807, 2.05) is 6.92 Å². The molecule has 3 atom stereocenters. The van der Waals surface area contributed by atoms with Crippen molar-refractivity contribution in [3.8, 4) is 0 Å². The van der Waals surface area contributed by atoms with E-state index in [-0.39, 0.29) is 12.4 Å². The fourth-order valence-corrected chi connectivity index (χ4v) is 1.28. The summed E-state index contributed by atoms with van der Waals surface area (Å²) in [5.41, 5.74) is 0. The number of hydrogen-bond donors (Lipinski definition) is 1. The minimum atomic E-state index is -0.304. The standard InChI is InChI=1S/C7H14O3/c1-5-3-6(8)4-10-7(5)9-2/h5-8H,3-4H2,1-2H3/t5-,6-,7+/m1/s1. The molecule has 3 heteroatoms. The number of hydrogen-bond acceptors (Lipinski definition) is 3.